The monoisotopic (exact) mass is 673 g/mol. The molecule has 0 amide bonds. The highest BCUT2D eigenvalue weighted by molar-refractivity contribution is 6.23. The van der Waals surface area contributed by atoms with Gasteiger partial charge in [-0.15, -0.1) is 0 Å². The lowest BCUT2D eigenvalue weighted by Crippen LogP contribution is -2.36. The minimum atomic E-state index is -0.566. The highest BCUT2D eigenvalue weighted by atomic mass is 16.1. The third-order valence-corrected chi connectivity index (χ3v) is 12.3. The molecule has 10 aromatic rings. The maximum Gasteiger partial charge on any atom is 0.263 e. The lowest BCUT2D eigenvalue weighted by Gasteiger charge is -2.43. The SMILES string of the molecule is O=c1c2ccccc2c2cccc3c4ccc5c(c4n1c23)-c1ccccc1C51c2ccccc2C(c2ccc(-c3ccccc3)cc2)c2ccccc21. The second-order valence-corrected chi connectivity index (χ2v) is 14.7. The van der Waals surface area contributed by atoms with E-state index in [9.17, 15) is 4.79 Å². The van der Waals surface area contributed by atoms with Crippen LogP contribution in [0.2, 0.25) is 0 Å². The Balaban J connectivity index is 1.20. The summed E-state index contributed by atoms with van der Waals surface area (Å²) >= 11 is 0. The average molecular weight is 674 g/mol. The van der Waals surface area contributed by atoms with E-state index in [1.807, 2.05) is 22.6 Å². The Morgan fingerprint density at radius 1 is 0.396 bits per heavy atom. The molecule has 53 heavy (non-hydrogen) atoms. The van der Waals surface area contributed by atoms with Crippen LogP contribution in [0.3, 0.4) is 0 Å². The van der Waals surface area contributed by atoms with Crippen LogP contribution in [0, 0.1) is 0 Å². The van der Waals surface area contributed by atoms with Crippen molar-refractivity contribution in [3.8, 4) is 22.3 Å². The van der Waals surface area contributed by atoms with Crippen molar-refractivity contribution in [2.45, 2.75) is 11.3 Å². The molecule has 0 bridgehead atoms. The molecule has 0 saturated carbocycles. The predicted molar refractivity (Wildman–Crippen MR) is 217 cm³/mol. The average Bonchev–Trinajstić information content (AvgIpc) is 3.72. The van der Waals surface area contributed by atoms with Gasteiger partial charge in [-0.1, -0.05) is 176 Å². The van der Waals surface area contributed by atoms with E-state index in [1.54, 1.807) is 0 Å². The molecule has 0 atom stereocenters. The number of aromatic nitrogens is 1. The molecule has 2 heterocycles. The maximum atomic E-state index is 14.7. The number of nitrogens with zero attached hydrogens (tertiary/aromatic N) is 1. The minimum absolute atomic E-state index is 0.0367. The third kappa shape index (κ3) is 3.55. The van der Waals surface area contributed by atoms with Crippen LogP contribution in [-0.4, -0.2) is 4.40 Å². The molecule has 2 aliphatic rings. The zero-order valence-electron chi connectivity index (χ0n) is 28.8. The van der Waals surface area contributed by atoms with Crippen LogP contribution in [0.25, 0.3) is 60.2 Å². The lowest BCUT2D eigenvalue weighted by atomic mass is 9.58. The van der Waals surface area contributed by atoms with Crippen molar-refractivity contribution in [3.05, 3.63) is 231 Å². The Kier molecular flexibility index (Phi) is 5.67. The van der Waals surface area contributed by atoms with E-state index >= 15 is 0 Å². The summed E-state index contributed by atoms with van der Waals surface area (Å²) in [4.78, 5) is 14.7. The van der Waals surface area contributed by atoms with Crippen LogP contribution in [0.5, 0.6) is 0 Å². The van der Waals surface area contributed by atoms with Gasteiger partial charge in [-0.2, -0.15) is 0 Å². The predicted octanol–water partition coefficient (Wildman–Crippen LogP) is 11.7. The quantitative estimate of drug-likeness (QED) is 0.167. The maximum absolute atomic E-state index is 14.7. The van der Waals surface area contributed by atoms with Crippen molar-refractivity contribution < 1.29 is 0 Å². The van der Waals surface area contributed by atoms with Crippen molar-refractivity contribution in [2.75, 3.05) is 0 Å². The molecule has 246 valence electrons. The van der Waals surface area contributed by atoms with Crippen LogP contribution in [0.15, 0.2) is 187 Å². The highest BCUT2D eigenvalue weighted by Gasteiger charge is 2.52. The van der Waals surface area contributed by atoms with Crippen molar-refractivity contribution in [2.24, 2.45) is 0 Å². The van der Waals surface area contributed by atoms with Gasteiger partial charge in [-0.05, 0) is 67.1 Å². The number of hydrogen-bond donors (Lipinski definition) is 0. The van der Waals surface area contributed by atoms with Gasteiger partial charge in [0.1, 0.15) is 0 Å². The molecule has 0 unspecified atom stereocenters. The van der Waals surface area contributed by atoms with Gasteiger partial charge in [0.2, 0.25) is 0 Å². The van der Waals surface area contributed by atoms with Gasteiger partial charge in [0, 0.05) is 33.0 Å². The summed E-state index contributed by atoms with van der Waals surface area (Å²) in [7, 11) is 0. The standard InChI is InChI=1S/C51H31NO/c53-50-38-16-5-4-15-34(38)35-20-12-21-36-37-29-30-45-47(49(37)52(50)48(35)36)41-19-8-11-24-44(41)51(45)42-22-9-6-17-39(42)46(40-18-7-10-23-43(40)51)33-27-25-32(26-28-33)31-13-2-1-3-14-31/h1-30,46H. The first-order chi connectivity index (χ1) is 26.2. The Labute approximate surface area is 306 Å². The Morgan fingerprint density at radius 2 is 0.943 bits per heavy atom. The van der Waals surface area contributed by atoms with Gasteiger partial charge in [-0.3, -0.25) is 9.20 Å². The van der Waals surface area contributed by atoms with Gasteiger partial charge >= 0.3 is 0 Å². The van der Waals surface area contributed by atoms with E-state index in [2.05, 4.69) is 164 Å². The fraction of sp³-hybridized carbons (Fsp3) is 0.0392. The molecule has 2 nitrogen and oxygen atoms in total. The van der Waals surface area contributed by atoms with Crippen molar-refractivity contribution in [1.82, 2.24) is 4.40 Å². The molecule has 0 fully saturated rings. The van der Waals surface area contributed by atoms with E-state index in [0.717, 1.165) is 43.5 Å². The normalized spacial score (nSPS) is 17.0. The van der Waals surface area contributed by atoms with Gasteiger partial charge in [0.05, 0.1) is 16.4 Å². The summed E-state index contributed by atoms with van der Waals surface area (Å²) in [6.45, 7) is 0. The first-order valence-corrected chi connectivity index (χ1v) is 18.4. The fourth-order valence-corrected chi connectivity index (χ4v) is 10.3. The molecule has 0 aliphatic heterocycles. The summed E-state index contributed by atoms with van der Waals surface area (Å²) in [5, 5.41) is 5.09. The molecule has 1 spiro atoms. The number of pyridine rings is 1. The molecule has 12 rings (SSSR count). The molecule has 2 aromatic heterocycles. The van der Waals surface area contributed by atoms with E-state index in [4.69, 9.17) is 0 Å². The molecular weight excluding hydrogens is 643 g/mol. The second-order valence-electron chi connectivity index (χ2n) is 14.7. The van der Waals surface area contributed by atoms with Gasteiger partial charge in [-0.25, -0.2) is 0 Å². The number of hydrogen-bond acceptors (Lipinski definition) is 1. The summed E-state index contributed by atoms with van der Waals surface area (Å²) in [6.07, 6.45) is 0. The Morgan fingerprint density at radius 3 is 1.68 bits per heavy atom. The highest BCUT2D eigenvalue weighted by Crippen LogP contribution is 2.63. The zero-order valence-corrected chi connectivity index (χ0v) is 28.8. The summed E-state index contributed by atoms with van der Waals surface area (Å²) < 4.78 is 2.04. The first-order valence-electron chi connectivity index (χ1n) is 18.4. The molecule has 2 heteroatoms. The molecule has 0 N–H and O–H groups in total. The van der Waals surface area contributed by atoms with Crippen LogP contribution in [-0.2, 0) is 5.41 Å². The first kappa shape index (κ1) is 28.9. The lowest BCUT2D eigenvalue weighted by molar-refractivity contribution is 0.697. The molecule has 2 aliphatic carbocycles. The van der Waals surface area contributed by atoms with E-state index in [0.29, 0.717) is 0 Å². The number of fused-ring (bicyclic) bond motifs is 15. The molecule has 0 radical (unpaired) electrons. The smallest absolute Gasteiger partial charge is 0.263 e. The van der Waals surface area contributed by atoms with Gasteiger partial charge in [0.15, 0.2) is 0 Å². The third-order valence-electron chi connectivity index (χ3n) is 12.3. The van der Waals surface area contributed by atoms with Crippen molar-refractivity contribution >= 4 is 38.0 Å². The van der Waals surface area contributed by atoms with E-state index in [1.165, 1.54) is 55.6 Å². The van der Waals surface area contributed by atoms with Crippen LogP contribution < -0.4 is 5.56 Å². The van der Waals surface area contributed by atoms with Crippen LogP contribution in [0.4, 0.5) is 0 Å². The zero-order chi connectivity index (χ0) is 34.8. The van der Waals surface area contributed by atoms with E-state index < -0.39 is 5.41 Å². The summed E-state index contributed by atoms with van der Waals surface area (Å²) in [5.41, 5.74) is 15.3. The van der Waals surface area contributed by atoms with E-state index in [-0.39, 0.29) is 11.5 Å². The number of benzene rings is 8. The van der Waals surface area contributed by atoms with Crippen LogP contribution >= 0.6 is 0 Å². The Bertz CT molecular complexity index is 3140. The van der Waals surface area contributed by atoms with Crippen molar-refractivity contribution in [3.63, 3.8) is 0 Å². The Hall–Kier alpha value is -6.77. The topological polar surface area (TPSA) is 21.5 Å². The van der Waals surface area contributed by atoms with Crippen LogP contribution in [0.1, 0.15) is 44.9 Å². The second kappa shape index (κ2) is 10.4. The fourth-order valence-electron chi connectivity index (χ4n) is 10.3. The van der Waals surface area contributed by atoms with Crippen molar-refractivity contribution in [1.29, 1.82) is 0 Å². The largest absolute Gasteiger partial charge is 0.274 e. The number of rotatable bonds is 2. The summed E-state index contributed by atoms with van der Waals surface area (Å²) in [5.74, 6) is 0.0653. The molecule has 8 aromatic carbocycles. The van der Waals surface area contributed by atoms with Gasteiger partial charge in [0.25, 0.3) is 5.56 Å². The van der Waals surface area contributed by atoms with Gasteiger partial charge < -0.3 is 0 Å². The molecular formula is C51H31NO. The molecule has 0 saturated heterocycles. The number of para-hydroxylation sites is 1. The minimum Gasteiger partial charge on any atom is -0.274 e. The summed E-state index contributed by atoms with van der Waals surface area (Å²) in [6, 6.07) is 66.1.